The van der Waals surface area contributed by atoms with E-state index in [1.54, 1.807) is 0 Å². The Labute approximate surface area is 112 Å². The van der Waals surface area contributed by atoms with Gasteiger partial charge in [0.05, 0.1) is 0 Å². The Morgan fingerprint density at radius 3 is 2.26 bits per heavy atom. The summed E-state index contributed by atoms with van der Waals surface area (Å²) in [4.78, 5) is 15.8. The minimum absolute atomic E-state index is 0.429. The average Bonchev–Trinajstić information content (AvgIpc) is 2.42. The lowest BCUT2D eigenvalue weighted by atomic mass is 9.98. The summed E-state index contributed by atoms with van der Waals surface area (Å²) >= 11 is 0. The van der Waals surface area contributed by atoms with E-state index >= 15 is 0 Å². The lowest BCUT2D eigenvalue weighted by Crippen LogP contribution is -2.07. The van der Waals surface area contributed by atoms with Gasteiger partial charge < -0.3 is 4.84 Å². The smallest absolute Gasteiger partial charge is 0.318 e. The first-order valence-electron chi connectivity index (χ1n) is 6.05. The van der Waals surface area contributed by atoms with Crippen molar-refractivity contribution in [2.75, 3.05) is 0 Å². The third-order valence-electron chi connectivity index (χ3n) is 2.71. The predicted octanol–water partition coefficient (Wildman–Crippen LogP) is 3.31. The van der Waals surface area contributed by atoms with Crippen LogP contribution in [0, 0.1) is 6.92 Å². The van der Waals surface area contributed by atoms with Crippen LogP contribution in [-0.4, -0.2) is 11.7 Å². The SMILES string of the molecule is CC(=O)ON=C(c1ccccc1)c1ccccc1C. The second-order valence-corrected chi connectivity index (χ2v) is 4.20. The van der Waals surface area contributed by atoms with Gasteiger partial charge in [0, 0.05) is 18.1 Å². The third kappa shape index (κ3) is 3.28. The number of rotatable bonds is 3. The van der Waals surface area contributed by atoms with Gasteiger partial charge in [0.15, 0.2) is 0 Å². The van der Waals surface area contributed by atoms with Gasteiger partial charge in [-0.15, -0.1) is 0 Å². The third-order valence-corrected chi connectivity index (χ3v) is 2.71. The van der Waals surface area contributed by atoms with Crippen molar-refractivity contribution < 1.29 is 9.63 Å². The molecule has 0 aliphatic carbocycles. The Bertz CT molecular complexity index is 603. The topological polar surface area (TPSA) is 38.7 Å². The average molecular weight is 253 g/mol. The standard InChI is InChI=1S/C16H15NO2/c1-12-8-6-7-11-15(12)16(17-19-13(2)18)14-9-4-3-5-10-14/h3-11H,1-2H3. The molecule has 3 nitrogen and oxygen atoms in total. The molecule has 0 aliphatic rings. The molecule has 0 aromatic heterocycles. The van der Waals surface area contributed by atoms with Gasteiger partial charge >= 0.3 is 5.97 Å². The molecule has 19 heavy (non-hydrogen) atoms. The molecule has 0 saturated heterocycles. The maximum Gasteiger partial charge on any atom is 0.332 e. The zero-order chi connectivity index (χ0) is 13.7. The van der Waals surface area contributed by atoms with Crippen LogP contribution in [0.5, 0.6) is 0 Å². The van der Waals surface area contributed by atoms with E-state index in [0.29, 0.717) is 5.71 Å². The van der Waals surface area contributed by atoms with Crippen molar-refractivity contribution in [1.82, 2.24) is 0 Å². The van der Waals surface area contributed by atoms with Crippen molar-refractivity contribution in [3.63, 3.8) is 0 Å². The highest BCUT2D eigenvalue weighted by molar-refractivity contribution is 6.13. The first-order valence-corrected chi connectivity index (χ1v) is 6.05. The molecule has 2 rings (SSSR count). The summed E-state index contributed by atoms with van der Waals surface area (Å²) in [5.74, 6) is -0.429. The summed E-state index contributed by atoms with van der Waals surface area (Å²) in [7, 11) is 0. The Morgan fingerprint density at radius 1 is 1.00 bits per heavy atom. The van der Waals surface area contributed by atoms with Crippen molar-refractivity contribution in [3.8, 4) is 0 Å². The highest BCUT2D eigenvalue weighted by Crippen LogP contribution is 2.15. The maximum absolute atomic E-state index is 11.0. The Kier molecular flexibility index (Phi) is 4.08. The van der Waals surface area contributed by atoms with Crippen LogP contribution in [0.2, 0.25) is 0 Å². The van der Waals surface area contributed by atoms with Crippen LogP contribution in [0.15, 0.2) is 59.8 Å². The van der Waals surface area contributed by atoms with Crippen molar-refractivity contribution in [2.45, 2.75) is 13.8 Å². The lowest BCUT2D eigenvalue weighted by Gasteiger charge is -2.09. The molecule has 3 heteroatoms. The molecular weight excluding hydrogens is 238 g/mol. The van der Waals surface area contributed by atoms with E-state index in [4.69, 9.17) is 4.84 Å². The van der Waals surface area contributed by atoms with E-state index in [2.05, 4.69) is 5.16 Å². The van der Waals surface area contributed by atoms with Crippen molar-refractivity contribution in [1.29, 1.82) is 0 Å². The maximum atomic E-state index is 11.0. The van der Waals surface area contributed by atoms with Crippen molar-refractivity contribution in [3.05, 3.63) is 71.3 Å². The van der Waals surface area contributed by atoms with Gasteiger partial charge in [0.2, 0.25) is 0 Å². The summed E-state index contributed by atoms with van der Waals surface area (Å²) in [5.41, 5.74) is 3.61. The largest absolute Gasteiger partial charge is 0.332 e. The molecular formula is C16H15NO2. The quantitative estimate of drug-likeness (QED) is 0.478. The first kappa shape index (κ1) is 13.0. The van der Waals surface area contributed by atoms with Gasteiger partial charge in [-0.3, -0.25) is 0 Å². The molecule has 0 amide bonds. The molecule has 0 spiro atoms. The summed E-state index contributed by atoms with van der Waals surface area (Å²) < 4.78 is 0. The molecule has 0 fully saturated rings. The fraction of sp³-hybridized carbons (Fsp3) is 0.125. The first-order chi connectivity index (χ1) is 9.18. The number of benzene rings is 2. The zero-order valence-electron chi connectivity index (χ0n) is 11.0. The second kappa shape index (κ2) is 5.96. The molecule has 96 valence electrons. The van der Waals surface area contributed by atoms with Gasteiger partial charge in [-0.1, -0.05) is 59.8 Å². The second-order valence-electron chi connectivity index (χ2n) is 4.20. The Balaban J connectivity index is 2.50. The highest BCUT2D eigenvalue weighted by Gasteiger charge is 2.10. The summed E-state index contributed by atoms with van der Waals surface area (Å²) in [5, 5.41) is 3.99. The van der Waals surface area contributed by atoms with Crippen LogP contribution in [0.25, 0.3) is 0 Å². The number of aryl methyl sites for hydroxylation is 1. The van der Waals surface area contributed by atoms with Crippen LogP contribution in [0.4, 0.5) is 0 Å². The molecule has 0 saturated carbocycles. The highest BCUT2D eigenvalue weighted by atomic mass is 16.7. The van der Waals surface area contributed by atoms with E-state index in [1.165, 1.54) is 6.92 Å². The van der Waals surface area contributed by atoms with E-state index in [-0.39, 0.29) is 0 Å². The van der Waals surface area contributed by atoms with Crippen LogP contribution in [-0.2, 0) is 9.63 Å². The molecule has 0 atom stereocenters. The Hall–Kier alpha value is -2.42. The summed E-state index contributed by atoms with van der Waals surface area (Å²) in [6.45, 7) is 3.34. The Morgan fingerprint density at radius 2 is 1.63 bits per heavy atom. The summed E-state index contributed by atoms with van der Waals surface area (Å²) in [6, 6.07) is 17.5. The fourth-order valence-corrected chi connectivity index (χ4v) is 1.80. The monoisotopic (exact) mass is 253 g/mol. The normalized spacial score (nSPS) is 11.2. The van der Waals surface area contributed by atoms with Gasteiger partial charge in [0.25, 0.3) is 0 Å². The fourth-order valence-electron chi connectivity index (χ4n) is 1.80. The van der Waals surface area contributed by atoms with E-state index < -0.39 is 5.97 Å². The van der Waals surface area contributed by atoms with Gasteiger partial charge in [0.1, 0.15) is 5.71 Å². The number of hydrogen-bond donors (Lipinski definition) is 0. The number of nitrogens with zero attached hydrogens (tertiary/aromatic N) is 1. The van der Waals surface area contributed by atoms with Crippen molar-refractivity contribution in [2.24, 2.45) is 5.16 Å². The molecule has 0 radical (unpaired) electrons. The number of hydrogen-bond acceptors (Lipinski definition) is 3. The molecule has 0 aliphatic heterocycles. The van der Waals surface area contributed by atoms with Crippen LogP contribution < -0.4 is 0 Å². The molecule has 0 heterocycles. The van der Waals surface area contributed by atoms with Crippen LogP contribution >= 0.6 is 0 Å². The summed E-state index contributed by atoms with van der Waals surface area (Å²) in [6.07, 6.45) is 0. The number of carbonyl (C=O) groups is 1. The molecule has 0 N–H and O–H groups in total. The van der Waals surface area contributed by atoms with Gasteiger partial charge in [-0.25, -0.2) is 4.79 Å². The van der Waals surface area contributed by atoms with Crippen molar-refractivity contribution >= 4 is 11.7 Å². The van der Waals surface area contributed by atoms with E-state index in [1.807, 2.05) is 61.5 Å². The van der Waals surface area contributed by atoms with Gasteiger partial charge in [-0.2, -0.15) is 0 Å². The van der Waals surface area contributed by atoms with E-state index in [0.717, 1.165) is 16.7 Å². The van der Waals surface area contributed by atoms with Crippen LogP contribution in [0.3, 0.4) is 0 Å². The number of carbonyl (C=O) groups excluding carboxylic acids is 1. The minimum atomic E-state index is -0.429. The molecule has 0 bridgehead atoms. The lowest BCUT2D eigenvalue weighted by molar-refractivity contribution is -0.140. The molecule has 2 aromatic rings. The number of oxime groups is 1. The van der Waals surface area contributed by atoms with E-state index in [9.17, 15) is 4.79 Å². The van der Waals surface area contributed by atoms with Crippen LogP contribution in [0.1, 0.15) is 23.6 Å². The zero-order valence-corrected chi connectivity index (χ0v) is 11.0. The minimum Gasteiger partial charge on any atom is -0.318 e. The molecule has 0 unspecified atom stereocenters. The molecule has 2 aromatic carbocycles. The predicted molar refractivity (Wildman–Crippen MR) is 75.0 cm³/mol. The van der Waals surface area contributed by atoms with Gasteiger partial charge in [-0.05, 0) is 12.5 Å².